The SMILES string of the molecule is COc1cc(/C=C/C(=O)Nc2sccc2C#N)cc(OC)c1OC. The van der Waals surface area contributed by atoms with Crippen molar-refractivity contribution in [1.82, 2.24) is 0 Å². The minimum atomic E-state index is -0.331. The smallest absolute Gasteiger partial charge is 0.249 e. The van der Waals surface area contributed by atoms with Gasteiger partial charge in [-0.1, -0.05) is 0 Å². The lowest BCUT2D eigenvalue weighted by Gasteiger charge is -2.12. The van der Waals surface area contributed by atoms with Crippen LogP contribution in [-0.2, 0) is 4.79 Å². The van der Waals surface area contributed by atoms with Crippen molar-refractivity contribution in [3.05, 3.63) is 40.8 Å². The Bertz CT molecular complexity index is 780. The summed E-state index contributed by atoms with van der Waals surface area (Å²) in [6.45, 7) is 0. The van der Waals surface area contributed by atoms with Crippen LogP contribution >= 0.6 is 11.3 Å². The normalized spacial score (nSPS) is 10.2. The number of amides is 1. The fraction of sp³-hybridized carbons (Fsp3) is 0.176. The van der Waals surface area contributed by atoms with Crippen molar-refractivity contribution in [3.63, 3.8) is 0 Å². The highest BCUT2D eigenvalue weighted by molar-refractivity contribution is 7.14. The topological polar surface area (TPSA) is 80.6 Å². The van der Waals surface area contributed by atoms with E-state index in [1.165, 1.54) is 38.7 Å². The largest absolute Gasteiger partial charge is 0.493 e. The van der Waals surface area contributed by atoms with Crippen LogP contribution in [0.4, 0.5) is 5.00 Å². The zero-order chi connectivity index (χ0) is 17.5. The second-order valence-corrected chi connectivity index (χ2v) is 5.47. The minimum Gasteiger partial charge on any atom is -0.493 e. The number of benzene rings is 1. The van der Waals surface area contributed by atoms with Crippen LogP contribution in [0, 0.1) is 11.3 Å². The van der Waals surface area contributed by atoms with Gasteiger partial charge in [-0.2, -0.15) is 5.26 Å². The van der Waals surface area contributed by atoms with Crippen molar-refractivity contribution in [2.24, 2.45) is 0 Å². The molecule has 1 aromatic heterocycles. The molecule has 6 nitrogen and oxygen atoms in total. The van der Waals surface area contributed by atoms with Gasteiger partial charge >= 0.3 is 0 Å². The Morgan fingerprint density at radius 2 is 1.88 bits per heavy atom. The summed E-state index contributed by atoms with van der Waals surface area (Å²) in [5.41, 5.74) is 1.15. The lowest BCUT2D eigenvalue weighted by molar-refractivity contribution is -0.111. The quantitative estimate of drug-likeness (QED) is 0.813. The van der Waals surface area contributed by atoms with Crippen molar-refractivity contribution >= 4 is 28.3 Å². The van der Waals surface area contributed by atoms with Gasteiger partial charge in [0.25, 0.3) is 0 Å². The van der Waals surface area contributed by atoms with E-state index >= 15 is 0 Å². The number of hydrogen-bond donors (Lipinski definition) is 1. The maximum atomic E-state index is 12.0. The standard InChI is InChI=1S/C17H16N2O4S/c1-21-13-8-11(9-14(22-2)16(13)23-3)4-5-15(20)19-17-12(10-18)6-7-24-17/h4-9H,1-3H3,(H,19,20)/b5-4+. The monoisotopic (exact) mass is 344 g/mol. The number of ether oxygens (including phenoxy) is 3. The maximum Gasteiger partial charge on any atom is 0.249 e. The number of nitrogens with zero attached hydrogens (tertiary/aromatic N) is 1. The van der Waals surface area contributed by atoms with Crippen LogP contribution in [0.3, 0.4) is 0 Å². The van der Waals surface area contributed by atoms with E-state index in [-0.39, 0.29) is 5.91 Å². The second kappa shape index (κ2) is 8.04. The van der Waals surface area contributed by atoms with Gasteiger partial charge in [-0.3, -0.25) is 4.79 Å². The molecule has 1 heterocycles. The van der Waals surface area contributed by atoms with Crippen LogP contribution < -0.4 is 19.5 Å². The summed E-state index contributed by atoms with van der Waals surface area (Å²) in [4.78, 5) is 12.0. The van der Waals surface area contributed by atoms with E-state index in [2.05, 4.69) is 5.32 Å². The molecule has 0 aliphatic rings. The maximum absolute atomic E-state index is 12.0. The first-order valence-corrected chi connectivity index (χ1v) is 7.77. The number of anilines is 1. The molecule has 2 rings (SSSR count). The molecule has 124 valence electrons. The molecular formula is C17H16N2O4S. The van der Waals surface area contributed by atoms with E-state index in [0.717, 1.165) is 0 Å². The number of nitriles is 1. The summed E-state index contributed by atoms with van der Waals surface area (Å²) < 4.78 is 15.8. The lowest BCUT2D eigenvalue weighted by Crippen LogP contribution is -2.07. The fourth-order valence-electron chi connectivity index (χ4n) is 2.02. The van der Waals surface area contributed by atoms with Gasteiger partial charge in [-0.05, 0) is 35.2 Å². The molecule has 0 aliphatic carbocycles. The zero-order valence-electron chi connectivity index (χ0n) is 13.5. The van der Waals surface area contributed by atoms with Gasteiger partial charge in [0.15, 0.2) is 11.5 Å². The number of methoxy groups -OCH3 is 3. The van der Waals surface area contributed by atoms with Crippen LogP contribution in [0.2, 0.25) is 0 Å². The highest BCUT2D eigenvalue weighted by Gasteiger charge is 2.12. The van der Waals surface area contributed by atoms with Gasteiger partial charge in [0, 0.05) is 6.08 Å². The van der Waals surface area contributed by atoms with Crippen molar-refractivity contribution in [2.45, 2.75) is 0 Å². The Balaban J connectivity index is 2.19. The molecule has 0 atom stereocenters. The van der Waals surface area contributed by atoms with E-state index in [0.29, 0.717) is 33.4 Å². The van der Waals surface area contributed by atoms with Crippen molar-refractivity contribution in [1.29, 1.82) is 5.26 Å². The third-order valence-corrected chi connectivity index (χ3v) is 3.97. The van der Waals surface area contributed by atoms with Crippen molar-refractivity contribution < 1.29 is 19.0 Å². The number of nitrogens with one attached hydrogen (secondary N) is 1. The molecule has 0 spiro atoms. The van der Waals surface area contributed by atoms with Gasteiger partial charge < -0.3 is 19.5 Å². The molecule has 0 radical (unpaired) electrons. The molecule has 0 saturated carbocycles. The van der Waals surface area contributed by atoms with E-state index in [4.69, 9.17) is 19.5 Å². The number of hydrogen-bond acceptors (Lipinski definition) is 6. The first-order chi connectivity index (χ1) is 11.6. The first-order valence-electron chi connectivity index (χ1n) is 6.89. The van der Waals surface area contributed by atoms with Crippen molar-refractivity contribution in [2.75, 3.05) is 26.6 Å². The van der Waals surface area contributed by atoms with Gasteiger partial charge in [-0.15, -0.1) is 11.3 Å². The summed E-state index contributed by atoms with van der Waals surface area (Å²) in [5.74, 6) is 1.16. The Labute approximate surface area is 143 Å². The Kier molecular flexibility index (Phi) is 5.82. The molecule has 1 aromatic carbocycles. The van der Waals surface area contributed by atoms with E-state index in [9.17, 15) is 4.79 Å². The summed E-state index contributed by atoms with van der Waals surface area (Å²) in [6, 6.07) is 7.14. The number of rotatable bonds is 6. The highest BCUT2D eigenvalue weighted by Crippen LogP contribution is 2.38. The van der Waals surface area contributed by atoms with Crippen LogP contribution in [-0.4, -0.2) is 27.2 Å². The summed E-state index contributed by atoms with van der Waals surface area (Å²) in [5, 5.41) is 13.9. The van der Waals surface area contributed by atoms with Crippen molar-refractivity contribution in [3.8, 4) is 23.3 Å². The lowest BCUT2D eigenvalue weighted by atomic mass is 10.1. The third kappa shape index (κ3) is 3.86. The van der Waals surface area contributed by atoms with E-state index in [1.807, 2.05) is 6.07 Å². The molecular weight excluding hydrogens is 328 g/mol. The number of thiophene rings is 1. The van der Waals surface area contributed by atoms with E-state index < -0.39 is 0 Å². The van der Waals surface area contributed by atoms with Gasteiger partial charge in [0.2, 0.25) is 11.7 Å². The predicted octanol–water partition coefficient (Wildman–Crippen LogP) is 3.30. The molecule has 1 amide bonds. The first kappa shape index (κ1) is 17.4. The van der Waals surface area contributed by atoms with E-state index in [1.54, 1.807) is 29.7 Å². The highest BCUT2D eigenvalue weighted by atomic mass is 32.1. The molecule has 2 aromatic rings. The molecule has 0 fully saturated rings. The van der Waals surface area contributed by atoms with Gasteiger partial charge in [0.1, 0.15) is 11.1 Å². The fourth-order valence-corrected chi connectivity index (χ4v) is 2.76. The molecule has 0 unspecified atom stereocenters. The Morgan fingerprint density at radius 3 is 2.42 bits per heavy atom. The Morgan fingerprint density at radius 1 is 1.21 bits per heavy atom. The molecule has 24 heavy (non-hydrogen) atoms. The molecule has 0 saturated heterocycles. The van der Waals surface area contributed by atoms with Crippen LogP contribution in [0.15, 0.2) is 29.7 Å². The van der Waals surface area contributed by atoms with Crippen LogP contribution in [0.25, 0.3) is 6.08 Å². The summed E-state index contributed by atoms with van der Waals surface area (Å²) >= 11 is 1.30. The number of carbonyl (C=O) groups excluding carboxylic acids is 1. The van der Waals surface area contributed by atoms with Crippen LogP contribution in [0.1, 0.15) is 11.1 Å². The summed E-state index contributed by atoms with van der Waals surface area (Å²) in [6.07, 6.45) is 3.00. The molecule has 1 N–H and O–H groups in total. The second-order valence-electron chi connectivity index (χ2n) is 4.56. The predicted molar refractivity (Wildman–Crippen MR) is 92.8 cm³/mol. The zero-order valence-corrected chi connectivity index (χ0v) is 14.3. The molecule has 7 heteroatoms. The molecule has 0 bridgehead atoms. The minimum absolute atomic E-state index is 0.331. The number of carbonyl (C=O) groups is 1. The average molecular weight is 344 g/mol. The third-order valence-electron chi connectivity index (χ3n) is 3.14. The van der Waals surface area contributed by atoms with Gasteiger partial charge in [0.05, 0.1) is 26.9 Å². The Hall–Kier alpha value is -2.98. The molecule has 0 aliphatic heterocycles. The van der Waals surface area contributed by atoms with Gasteiger partial charge in [-0.25, -0.2) is 0 Å². The van der Waals surface area contributed by atoms with Crippen LogP contribution in [0.5, 0.6) is 17.2 Å². The average Bonchev–Trinajstić information content (AvgIpc) is 3.05. The summed E-state index contributed by atoms with van der Waals surface area (Å²) in [7, 11) is 4.58.